The van der Waals surface area contributed by atoms with Gasteiger partial charge in [0.2, 0.25) is 10.0 Å². The van der Waals surface area contributed by atoms with E-state index < -0.39 is 10.0 Å². The molecule has 0 aliphatic heterocycles. The van der Waals surface area contributed by atoms with Crippen LogP contribution < -0.4 is 5.14 Å². The Morgan fingerprint density at radius 1 is 1.04 bits per heavy atom. The summed E-state index contributed by atoms with van der Waals surface area (Å²) in [6, 6.07) is 12.7. The molecule has 0 bridgehead atoms. The van der Waals surface area contributed by atoms with Crippen LogP contribution in [-0.4, -0.2) is 23.2 Å². The number of rotatable bonds is 4. The first-order valence-corrected chi connectivity index (χ1v) is 9.16. The van der Waals surface area contributed by atoms with E-state index in [2.05, 4.69) is 16.1 Å². The molecule has 2 heterocycles. The van der Waals surface area contributed by atoms with Gasteiger partial charge in [-0.3, -0.25) is 0 Å². The van der Waals surface area contributed by atoms with E-state index in [1.165, 1.54) is 5.56 Å². The van der Waals surface area contributed by atoms with Crippen molar-refractivity contribution in [3.63, 3.8) is 0 Å². The Bertz CT molecular complexity index is 949. The summed E-state index contributed by atoms with van der Waals surface area (Å²) < 4.78 is 24.3. The van der Waals surface area contributed by atoms with Crippen molar-refractivity contribution in [1.82, 2.24) is 14.8 Å². The molecule has 0 amide bonds. The monoisotopic (exact) mass is 340 g/mol. The maximum atomic E-state index is 11.3. The zero-order chi connectivity index (χ0) is 16.7. The van der Waals surface area contributed by atoms with Crippen LogP contribution in [0.25, 0.3) is 5.82 Å². The van der Waals surface area contributed by atoms with Crippen molar-refractivity contribution in [1.29, 1.82) is 0 Å². The first-order valence-electron chi connectivity index (χ1n) is 7.61. The van der Waals surface area contributed by atoms with Crippen LogP contribution in [0.3, 0.4) is 0 Å². The Morgan fingerprint density at radius 2 is 1.75 bits per heavy atom. The number of benzene rings is 1. The van der Waals surface area contributed by atoms with E-state index in [0.29, 0.717) is 11.8 Å². The fourth-order valence-electron chi connectivity index (χ4n) is 2.99. The van der Waals surface area contributed by atoms with Gasteiger partial charge in [0.15, 0.2) is 5.82 Å². The quantitative estimate of drug-likeness (QED) is 0.788. The molecule has 0 spiro atoms. The minimum absolute atomic E-state index is 0.147. The molecule has 0 radical (unpaired) electrons. The lowest BCUT2D eigenvalue weighted by molar-refractivity contribution is 0.598. The van der Waals surface area contributed by atoms with E-state index in [1.807, 2.05) is 36.7 Å². The number of sulfonamides is 1. The molecule has 0 saturated heterocycles. The van der Waals surface area contributed by atoms with Crippen molar-refractivity contribution in [2.24, 2.45) is 5.14 Å². The van der Waals surface area contributed by atoms with Crippen molar-refractivity contribution in [3.8, 4) is 5.82 Å². The van der Waals surface area contributed by atoms with Crippen molar-refractivity contribution < 1.29 is 8.42 Å². The number of aromatic nitrogens is 3. The van der Waals surface area contributed by atoms with Crippen molar-refractivity contribution >= 4 is 10.0 Å². The summed E-state index contributed by atoms with van der Waals surface area (Å²) in [6.45, 7) is 0. The van der Waals surface area contributed by atoms with Crippen LogP contribution in [-0.2, 0) is 10.0 Å². The number of hydrogen-bond acceptors (Lipinski definition) is 4. The molecule has 7 heteroatoms. The third-order valence-corrected chi connectivity index (χ3v) is 5.29. The van der Waals surface area contributed by atoms with Gasteiger partial charge in [-0.1, -0.05) is 18.2 Å². The van der Waals surface area contributed by atoms with E-state index in [4.69, 9.17) is 5.14 Å². The molecule has 2 unspecified atom stereocenters. The van der Waals surface area contributed by atoms with Crippen LogP contribution >= 0.6 is 0 Å². The van der Waals surface area contributed by atoms with Gasteiger partial charge in [-0.05, 0) is 53.6 Å². The SMILES string of the molecule is NS(=O)(=O)c1ccc(C2CC2c2ccc(-n3cccn3)nc2)cc1. The van der Waals surface area contributed by atoms with Gasteiger partial charge < -0.3 is 0 Å². The van der Waals surface area contributed by atoms with Crippen molar-refractivity contribution in [2.45, 2.75) is 23.2 Å². The molecule has 2 aromatic heterocycles. The third-order valence-electron chi connectivity index (χ3n) is 4.37. The van der Waals surface area contributed by atoms with Gasteiger partial charge in [0.05, 0.1) is 4.90 Å². The first kappa shape index (κ1) is 15.0. The number of nitrogens with two attached hydrogens (primary N) is 1. The van der Waals surface area contributed by atoms with E-state index in [0.717, 1.165) is 17.8 Å². The van der Waals surface area contributed by atoms with Crippen molar-refractivity contribution in [3.05, 3.63) is 72.2 Å². The lowest BCUT2D eigenvalue weighted by atomic mass is 10.1. The maximum Gasteiger partial charge on any atom is 0.238 e. The average molecular weight is 340 g/mol. The second kappa shape index (κ2) is 5.54. The summed E-state index contributed by atoms with van der Waals surface area (Å²) in [6.07, 6.45) is 6.50. The first-order chi connectivity index (χ1) is 11.5. The van der Waals surface area contributed by atoms with Gasteiger partial charge in [0, 0.05) is 18.6 Å². The summed E-state index contributed by atoms with van der Waals surface area (Å²) in [5.41, 5.74) is 2.31. The smallest absolute Gasteiger partial charge is 0.237 e. The normalized spacial score (nSPS) is 20.0. The van der Waals surface area contributed by atoms with Crippen molar-refractivity contribution in [2.75, 3.05) is 0 Å². The van der Waals surface area contributed by atoms with Gasteiger partial charge >= 0.3 is 0 Å². The molecule has 1 fully saturated rings. The molecule has 1 aliphatic carbocycles. The molecule has 3 aromatic rings. The van der Waals surface area contributed by atoms with Crippen LogP contribution in [0.4, 0.5) is 0 Å². The Hall–Kier alpha value is -2.51. The van der Waals surface area contributed by atoms with Crippen LogP contribution in [0.1, 0.15) is 29.4 Å². The van der Waals surface area contributed by atoms with Gasteiger partial charge in [-0.15, -0.1) is 0 Å². The number of primary sulfonamides is 1. The zero-order valence-corrected chi connectivity index (χ0v) is 13.6. The maximum absolute atomic E-state index is 11.3. The van der Waals surface area contributed by atoms with Crippen LogP contribution in [0.5, 0.6) is 0 Å². The summed E-state index contributed by atoms with van der Waals surface area (Å²) in [4.78, 5) is 4.61. The fourth-order valence-corrected chi connectivity index (χ4v) is 3.51. The highest BCUT2D eigenvalue weighted by molar-refractivity contribution is 7.89. The molecular formula is C17H16N4O2S. The molecule has 1 aromatic carbocycles. The largest absolute Gasteiger partial charge is 0.238 e. The Kier molecular flexibility index (Phi) is 3.47. The second-order valence-corrected chi connectivity index (χ2v) is 7.52. The van der Waals surface area contributed by atoms with E-state index in [1.54, 1.807) is 23.0 Å². The summed E-state index contributed by atoms with van der Waals surface area (Å²) in [5.74, 6) is 1.61. The Labute approximate surface area is 140 Å². The molecule has 2 atom stereocenters. The second-order valence-electron chi connectivity index (χ2n) is 5.96. The summed E-state index contributed by atoms with van der Waals surface area (Å²) >= 11 is 0. The minimum atomic E-state index is -3.64. The standard InChI is InChI=1S/C17H16N4O2S/c18-24(22,23)14-5-2-12(3-6-14)15-10-16(15)13-4-7-17(19-11-13)21-9-1-8-20-21/h1-9,11,15-16H,10H2,(H2,18,22,23). The highest BCUT2D eigenvalue weighted by Gasteiger charge is 2.39. The van der Waals surface area contributed by atoms with E-state index in [9.17, 15) is 8.42 Å². The van der Waals surface area contributed by atoms with Crippen LogP contribution in [0, 0.1) is 0 Å². The summed E-state index contributed by atoms with van der Waals surface area (Å²) in [7, 11) is -3.64. The van der Waals surface area contributed by atoms with Gasteiger partial charge in [0.1, 0.15) is 0 Å². The number of pyridine rings is 1. The van der Waals surface area contributed by atoms with Gasteiger partial charge in [-0.2, -0.15) is 5.10 Å². The lowest BCUT2D eigenvalue weighted by Gasteiger charge is -2.04. The lowest BCUT2D eigenvalue weighted by Crippen LogP contribution is -2.11. The molecule has 6 nitrogen and oxygen atoms in total. The highest BCUT2D eigenvalue weighted by atomic mass is 32.2. The molecule has 2 N–H and O–H groups in total. The molecule has 24 heavy (non-hydrogen) atoms. The topological polar surface area (TPSA) is 90.9 Å². The fraction of sp³-hybridized carbons (Fsp3) is 0.176. The third kappa shape index (κ3) is 2.83. The van der Waals surface area contributed by atoms with Crippen LogP contribution in [0.2, 0.25) is 0 Å². The van der Waals surface area contributed by atoms with Gasteiger partial charge in [-0.25, -0.2) is 23.2 Å². The Morgan fingerprint density at radius 3 is 2.33 bits per heavy atom. The molecular weight excluding hydrogens is 324 g/mol. The predicted octanol–water partition coefficient (Wildman–Crippen LogP) is 2.19. The number of nitrogens with zero attached hydrogens (tertiary/aromatic N) is 3. The molecule has 1 saturated carbocycles. The van der Waals surface area contributed by atoms with E-state index in [-0.39, 0.29) is 4.90 Å². The Balaban J connectivity index is 1.50. The highest BCUT2D eigenvalue weighted by Crippen LogP contribution is 2.54. The predicted molar refractivity (Wildman–Crippen MR) is 89.3 cm³/mol. The van der Waals surface area contributed by atoms with Crippen LogP contribution in [0.15, 0.2) is 66.0 Å². The zero-order valence-electron chi connectivity index (χ0n) is 12.8. The van der Waals surface area contributed by atoms with Gasteiger partial charge in [0.25, 0.3) is 0 Å². The minimum Gasteiger partial charge on any atom is -0.237 e. The van der Waals surface area contributed by atoms with E-state index >= 15 is 0 Å². The summed E-state index contributed by atoms with van der Waals surface area (Å²) in [5, 5.41) is 9.29. The average Bonchev–Trinajstić information content (AvgIpc) is 3.19. The molecule has 1 aliphatic rings. The molecule has 122 valence electrons. The molecule has 4 rings (SSSR count). The number of hydrogen-bond donors (Lipinski definition) is 1.